The molecule has 1 fully saturated rings. The first-order chi connectivity index (χ1) is 22.3. The monoisotopic (exact) mass is 775 g/mol. The molecule has 0 saturated carbocycles. The molecule has 9 nitrogen and oxygen atoms in total. The molecular weight excluding hydrogens is 740 g/mol. The molecular formula is C32H35F5IN5O4. The van der Waals surface area contributed by atoms with Crippen LogP contribution in [0.1, 0.15) is 42.4 Å². The lowest BCUT2D eigenvalue weighted by Gasteiger charge is -2.30. The third-order valence-electron chi connectivity index (χ3n) is 7.78. The van der Waals surface area contributed by atoms with E-state index < -0.39 is 53.9 Å². The minimum absolute atomic E-state index is 0.106. The highest BCUT2D eigenvalue weighted by Gasteiger charge is 2.39. The second kappa shape index (κ2) is 16.6. The number of rotatable bonds is 12. The molecule has 4 rings (SSSR count). The van der Waals surface area contributed by atoms with Crippen LogP contribution in [0.5, 0.6) is 0 Å². The molecule has 2 aromatic carbocycles. The zero-order valence-electron chi connectivity index (χ0n) is 25.3. The number of pyridine rings is 1. The lowest BCUT2D eigenvalue weighted by Crippen LogP contribution is -2.50. The summed E-state index contributed by atoms with van der Waals surface area (Å²) < 4.78 is 79.0. The van der Waals surface area contributed by atoms with Crippen LogP contribution < -0.4 is 21.7 Å². The van der Waals surface area contributed by atoms with E-state index in [1.165, 1.54) is 25.3 Å². The van der Waals surface area contributed by atoms with Crippen LogP contribution in [0.2, 0.25) is 0 Å². The molecule has 1 aromatic heterocycles. The Balaban J connectivity index is 1.34. The molecule has 0 aliphatic carbocycles. The largest absolute Gasteiger partial charge is 0.448 e. The Morgan fingerprint density at radius 3 is 2.36 bits per heavy atom. The van der Waals surface area contributed by atoms with Gasteiger partial charge in [0.2, 0.25) is 5.91 Å². The van der Waals surface area contributed by atoms with E-state index in [9.17, 15) is 31.5 Å². The number of hydrogen-bond acceptors (Lipinski definition) is 7. The lowest BCUT2D eigenvalue weighted by atomic mass is 9.85. The van der Waals surface area contributed by atoms with Crippen LogP contribution in [0, 0.1) is 15.2 Å². The van der Waals surface area contributed by atoms with Crippen molar-refractivity contribution >= 4 is 40.3 Å². The third kappa shape index (κ3) is 10.3. The summed E-state index contributed by atoms with van der Waals surface area (Å²) in [7, 11) is 0. The van der Waals surface area contributed by atoms with Gasteiger partial charge in [0.15, 0.2) is 0 Å². The van der Waals surface area contributed by atoms with Crippen LogP contribution >= 0.6 is 22.6 Å². The maximum Gasteiger partial charge on any atom is 0.408 e. The third-order valence-corrected chi connectivity index (χ3v) is 8.50. The number of carbonyl (C=O) groups excluding carboxylic acids is 2. The average molecular weight is 776 g/mol. The van der Waals surface area contributed by atoms with Crippen LogP contribution in [-0.4, -0.2) is 67.1 Å². The van der Waals surface area contributed by atoms with E-state index in [0.717, 1.165) is 15.3 Å². The van der Waals surface area contributed by atoms with Gasteiger partial charge in [-0.15, -0.1) is 0 Å². The normalized spacial score (nSPS) is 18.6. The number of halogens is 6. The first kappa shape index (κ1) is 36.4. The molecule has 1 saturated heterocycles. The summed E-state index contributed by atoms with van der Waals surface area (Å²) in [4.78, 5) is 29.2. The van der Waals surface area contributed by atoms with Gasteiger partial charge in [0.25, 0.3) is 0 Å². The molecule has 254 valence electrons. The predicted octanol–water partition coefficient (Wildman–Crippen LogP) is 5.42. The van der Waals surface area contributed by atoms with Crippen molar-refractivity contribution in [3.8, 4) is 0 Å². The van der Waals surface area contributed by atoms with Gasteiger partial charge in [-0.3, -0.25) is 9.78 Å². The van der Waals surface area contributed by atoms with Crippen molar-refractivity contribution in [2.24, 2.45) is 5.73 Å². The van der Waals surface area contributed by atoms with Gasteiger partial charge < -0.3 is 31.2 Å². The Kier molecular flexibility index (Phi) is 12.9. The summed E-state index contributed by atoms with van der Waals surface area (Å²) in [5.41, 5.74) is 8.23. The number of anilines is 1. The molecule has 0 bridgehead atoms. The molecule has 0 radical (unpaired) electrons. The lowest BCUT2D eigenvalue weighted by molar-refractivity contribution is -0.154. The Morgan fingerprint density at radius 2 is 1.77 bits per heavy atom. The number of nitrogens with zero attached hydrogens (tertiary/aromatic N) is 1. The first-order valence-corrected chi connectivity index (χ1v) is 16.0. The SMILES string of the molecule is CC[C@@H](NC(=O)OC[C@@H]1CO[C@H](CCc2c(F)cncc2NC(=O)[C@@H](N)C(c2ccc(F)cc2)c2ccc(I)cc2)CN1)C(F)(F)F. The molecule has 2 heterocycles. The Morgan fingerprint density at radius 1 is 1.11 bits per heavy atom. The summed E-state index contributed by atoms with van der Waals surface area (Å²) in [6.07, 6.45) is -3.56. The van der Waals surface area contributed by atoms with E-state index in [0.29, 0.717) is 18.5 Å². The summed E-state index contributed by atoms with van der Waals surface area (Å²) in [6, 6.07) is 9.60. The van der Waals surface area contributed by atoms with Gasteiger partial charge in [0, 0.05) is 21.6 Å². The van der Waals surface area contributed by atoms with E-state index in [4.69, 9.17) is 15.2 Å². The Hall–Kier alpha value is -3.41. The van der Waals surface area contributed by atoms with Crippen molar-refractivity contribution in [1.29, 1.82) is 0 Å². The van der Waals surface area contributed by atoms with Crippen LogP contribution in [0.25, 0.3) is 0 Å². The number of alkyl carbamates (subject to hydrolysis) is 1. The Labute approximate surface area is 282 Å². The molecule has 5 N–H and O–H groups in total. The molecule has 5 atom stereocenters. The van der Waals surface area contributed by atoms with Gasteiger partial charge in [-0.1, -0.05) is 31.2 Å². The first-order valence-electron chi connectivity index (χ1n) is 14.9. The molecule has 1 unspecified atom stereocenters. The number of amides is 2. The zero-order valence-corrected chi connectivity index (χ0v) is 27.5. The molecule has 0 spiro atoms. The number of hydrogen-bond donors (Lipinski definition) is 4. The van der Waals surface area contributed by atoms with Crippen molar-refractivity contribution in [2.75, 3.05) is 25.1 Å². The van der Waals surface area contributed by atoms with E-state index in [1.54, 1.807) is 17.4 Å². The number of benzene rings is 2. The number of aromatic nitrogens is 1. The number of ether oxygens (including phenoxy) is 2. The number of morpholine rings is 1. The maximum absolute atomic E-state index is 15.0. The van der Waals surface area contributed by atoms with Gasteiger partial charge in [0.05, 0.1) is 42.9 Å². The highest BCUT2D eigenvalue weighted by Crippen LogP contribution is 2.30. The van der Waals surface area contributed by atoms with E-state index in [2.05, 4.69) is 38.2 Å². The number of nitrogens with one attached hydrogen (secondary N) is 3. The van der Waals surface area contributed by atoms with Crippen molar-refractivity contribution in [1.82, 2.24) is 15.6 Å². The second-order valence-electron chi connectivity index (χ2n) is 11.1. The number of carbonyl (C=O) groups is 2. The summed E-state index contributed by atoms with van der Waals surface area (Å²) >= 11 is 2.16. The fourth-order valence-corrected chi connectivity index (χ4v) is 5.54. The summed E-state index contributed by atoms with van der Waals surface area (Å²) in [5, 5.41) is 7.64. The topological polar surface area (TPSA) is 128 Å². The van der Waals surface area contributed by atoms with Crippen molar-refractivity contribution in [3.63, 3.8) is 0 Å². The standard InChI is InChI=1S/C32H35F5IN5O4/c1-2-27(32(35,36)37)43-31(45)47-17-22-16-46-23(13-41-22)11-12-24-25(34)14-40-15-26(24)42-30(44)29(39)28(18-3-7-20(33)8-4-18)19-5-9-21(38)10-6-19/h3-10,14-15,22-23,27-29,41H,2,11-13,16-17,39H2,1H3,(H,42,44)(H,43,45)/t22-,23+,27+,28?,29-/m0/s1. The number of alkyl halides is 3. The fourth-order valence-electron chi connectivity index (χ4n) is 5.18. The number of nitrogens with two attached hydrogens (primary N) is 1. The Bertz CT molecular complexity index is 1440. The second-order valence-corrected chi connectivity index (χ2v) is 12.3. The van der Waals surface area contributed by atoms with E-state index in [-0.39, 0.29) is 43.4 Å². The van der Waals surface area contributed by atoms with Crippen molar-refractivity contribution in [3.05, 3.63) is 92.8 Å². The average Bonchev–Trinajstić information content (AvgIpc) is 3.04. The van der Waals surface area contributed by atoms with Gasteiger partial charge in [-0.05, 0) is 77.2 Å². The fraction of sp³-hybridized carbons (Fsp3) is 0.406. The van der Waals surface area contributed by atoms with Crippen LogP contribution in [0.4, 0.5) is 32.4 Å². The zero-order chi connectivity index (χ0) is 34.1. The quantitative estimate of drug-likeness (QED) is 0.143. The minimum atomic E-state index is -4.58. The molecule has 1 aliphatic rings. The molecule has 2 amide bonds. The molecule has 47 heavy (non-hydrogen) atoms. The minimum Gasteiger partial charge on any atom is -0.448 e. The van der Waals surface area contributed by atoms with Crippen LogP contribution in [-0.2, 0) is 20.7 Å². The van der Waals surface area contributed by atoms with Crippen molar-refractivity contribution < 1.29 is 41.0 Å². The molecule has 1 aliphatic heterocycles. The van der Waals surface area contributed by atoms with E-state index in [1.807, 2.05) is 24.3 Å². The highest BCUT2D eigenvalue weighted by atomic mass is 127. The van der Waals surface area contributed by atoms with Gasteiger partial charge >= 0.3 is 12.3 Å². The highest BCUT2D eigenvalue weighted by molar-refractivity contribution is 14.1. The summed E-state index contributed by atoms with van der Waals surface area (Å²) in [5.74, 6) is -2.27. The van der Waals surface area contributed by atoms with E-state index >= 15 is 0 Å². The molecule has 15 heteroatoms. The van der Waals surface area contributed by atoms with Gasteiger partial charge in [-0.2, -0.15) is 13.2 Å². The molecule has 3 aromatic rings. The maximum atomic E-state index is 15.0. The summed E-state index contributed by atoms with van der Waals surface area (Å²) in [6.45, 7) is 1.51. The van der Waals surface area contributed by atoms with Crippen LogP contribution in [0.3, 0.4) is 0 Å². The smallest absolute Gasteiger partial charge is 0.408 e. The van der Waals surface area contributed by atoms with Gasteiger partial charge in [0.1, 0.15) is 24.3 Å². The predicted molar refractivity (Wildman–Crippen MR) is 173 cm³/mol. The van der Waals surface area contributed by atoms with Gasteiger partial charge in [-0.25, -0.2) is 13.6 Å². The van der Waals surface area contributed by atoms with Crippen LogP contribution in [0.15, 0.2) is 60.9 Å². The van der Waals surface area contributed by atoms with Crippen molar-refractivity contribution in [2.45, 2.75) is 62.5 Å².